The van der Waals surface area contributed by atoms with Gasteiger partial charge in [-0.2, -0.15) is 0 Å². The first-order valence-corrected chi connectivity index (χ1v) is 7.43. The summed E-state index contributed by atoms with van der Waals surface area (Å²) < 4.78 is 5.11. The molecule has 0 bridgehead atoms. The third-order valence-corrected chi connectivity index (χ3v) is 3.60. The van der Waals surface area contributed by atoms with Crippen LogP contribution in [0.4, 0.5) is 0 Å². The van der Waals surface area contributed by atoms with Crippen LogP contribution in [0.2, 0.25) is 0 Å². The van der Waals surface area contributed by atoms with E-state index in [4.69, 9.17) is 4.74 Å². The molecule has 0 fully saturated rings. The highest BCUT2D eigenvalue weighted by Gasteiger charge is 2.07. The Morgan fingerprint density at radius 1 is 1.29 bits per heavy atom. The lowest BCUT2D eigenvalue weighted by atomic mass is 10.2. The molecule has 2 aromatic rings. The van der Waals surface area contributed by atoms with Gasteiger partial charge in [-0.15, -0.1) is 11.3 Å². The number of thiazole rings is 1. The van der Waals surface area contributed by atoms with Crippen LogP contribution < -0.4 is 5.32 Å². The van der Waals surface area contributed by atoms with Crippen molar-refractivity contribution in [2.45, 2.75) is 20.0 Å². The Kier molecular flexibility index (Phi) is 5.45. The molecule has 1 N–H and O–H groups in total. The van der Waals surface area contributed by atoms with Crippen molar-refractivity contribution in [1.29, 1.82) is 0 Å². The average molecular weight is 304 g/mol. The standard InChI is InChI=1S/C15H16N2O3S/c1-11(18)16-8-7-14(19)20-9-13-10-21-15(17-13)12-5-3-2-4-6-12/h2-6,10H,7-9H2,1H3,(H,16,18). The number of carbonyl (C=O) groups excluding carboxylic acids is 2. The molecule has 5 nitrogen and oxygen atoms in total. The van der Waals surface area contributed by atoms with E-state index in [-0.39, 0.29) is 24.9 Å². The maximum absolute atomic E-state index is 11.5. The number of rotatable bonds is 6. The van der Waals surface area contributed by atoms with Crippen LogP contribution in [-0.4, -0.2) is 23.4 Å². The molecule has 0 saturated carbocycles. The van der Waals surface area contributed by atoms with Gasteiger partial charge in [0.15, 0.2) is 0 Å². The Hall–Kier alpha value is -2.21. The van der Waals surface area contributed by atoms with Gasteiger partial charge >= 0.3 is 5.97 Å². The SMILES string of the molecule is CC(=O)NCCC(=O)OCc1csc(-c2ccccc2)n1. The van der Waals surface area contributed by atoms with E-state index in [1.165, 1.54) is 18.3 Å². The fraction of sp³-hybridized carbons (Fsp3) is 0.267. The fourth-order valence-electron chi connectivity index (χ4n) is 1.65. The van der Waals surface area contributed by atoms with Crippen molar-refractivity contribution in [3.63, 3.8) is 0 Å². The smallest absolute Gasteiger partial charge is 0.307 e. The quantitative estimate of drug-likeness (QED) is 0.832. The van der Waals surface area contributed by atoms with Crippen molar-refractivity contribution in [2.75, 3.05) is 6.54 Å². The highest BCUT2D eigenvalue weighted by molar-refractivity contribution is 7.13. The van der Waals surface area contributed by atoms with Gasteiger partial charge in [-0.3, -0.25) is 9.59 Å². The number of amides is 1. The van der Waals surface area contributed by atoms with E-state index in [1.54, 1.807) is 0 Å². The van der Waals surface area contributed by atoms with E-state index >= 15 is 0 Å². The van der Waals surface area contributed by atoms with Crippen LogP contribution >= 0.6 is 11.3 Å². The summed E-state index contributed by atoms with van der Waals surface area (Å²) in [6.07, 6.45) is 0.162. The van der Waals surface area contributed by atoms with Crippen molar-refractivity contribution in [3.8, 4) is 10.6 Å². The highest BCUT2D eigenvalue weighted by atomic mass is 32.1. The number of nitrogens with one attached hydrogen (secondary N) is 1. The van der Waals surface area contributed by atoms with E-state index in [9.17, 15) is 9.59 Å². The van der Waals surface area contributed by atoms with Gasteiger partial charge in [0.25, 0.3) is 0 Å². The third-order valence-electron chi connectivity index (χ3n) is 2.66. The summed E-state index contributed by atoms with van der Waals surface area (Å²) in [6.45, 7) is 1.86. The third kappa shape index (κ3) is 5.00. The zero-order valence-electron chi connectivity index (χ0n) is 11.7. The molecule has 0 aliphatic rings. The van der Waals surface area contributed by atoms with E-state index in [0.717, 1.165) is 16.3 Å². The van der Waals surface area contributed by atoms with Crippen molar-refractivity contribution < 1.29 is 14.3 Å². The maximum atomic E-state index is 11.5. The van der Waals surface area contributed by atoms with Crippen molar-refractivity contribution in [3.05, 3.63) is 41.4 Å². The van der Waals surface area contributed by atoms with Crippen LogP contribution in [0.3, 0.4) is 0 Å². The van der Waals surface area contributed by atoms with Crippen LogP contribution in [-0.2, 0) is 20.9 Å². The number of esters is 1. The van der Waals surface area contributed by atoms with Gasteiger partial charge in [0.2, 0.25) is 5.91 Å². The monoisotopic (exact) mass is 304 g/mol. The van der Waals surface area contributed by atoms with Crippen molar-refractivity contribution >= 4 is 23.2 Å². The lowest BCUT2D eigenvalue weighted by Gasteiger charge is -2.03. The Balaban J connectivity index is 1.80. The van der Waals surface area contributed by atoms with Gasteiger partial charge in [-0.25, -0.2) is 4.98 Å². The number of nitrogens with zero attached hydrogens (tertiary/aromatic N) is 1. The largest absolute Gasteiger partial charge is 0.459 e. The molecule has 1 aromatic carbocycles. The van der Waals surface area contributed by atoms with Gasteiger partial charge in [-0.05, 0) is 0 Å². The van der Waals surface area contributed by atoms with Crippen LogP contribution in [0.1, 0.15) is 19.0 Å². The summed E-state index contributed by atoms with van der Waals surface area (Å²) in [5, 5.41) is 5.33. The molecule has 0 aliphatic heterocycles. The molecule has 2 rings (SSSR count). The molecule has 0 saturated heterocycles. The number of aromatic nitrogens is 1. The molecule has 0 spiro atoms. The fourth-order valence-corrected chi connectivity index (χ4v) is 2.46. The zero-order valence-corrected chi connectivity index (χ0v) is 12.5. The maximum Gasteiger partial charge on any atom is 0.307 e. The zero-order chi connectivity index (χ0) is 15.1. The normalized spacial score (nSPS) is 10.1. The molecule has 1 aromatic heterocycles. The number of benzene rings is 1. The Morgan fingerprint density at radius 3 is 2.76 bits per heavy atom. The number of hydrogen-bond acceptors (Lipinski definition) is 5. The predicted octanol–water partition coefficient (Wildman–Crippen LogP) is 2.38. The topological polar surface area (TPSA) is 68.3 Å². The van der Waals surface area contributed by atoms with Gasteiger partial charge in [-0.1, -0.05) is 30.3 Å². The Morgan fingerprint density at radius 2 is 2.05 bits per heavy atom. The lowest BCUT2D eigenvalue weighted by Crippen LogP contribution is -2.23. The Bertz CT molecular complexity index is 610. The number of hydrogen-bond donors (Lipinski definition) is 1. The lowest BCUT2D eigenvalue weighted by molar-refractivity contribution is -0.144. The second kappa shape index (κ2) is 7.54. The molecule has 0 atom stereocenters. The molecule has 1 heterocycles. The summed E-state index contributed by atoms with van der Waals surface area (Å²) >= 11 is 1.52. The van der Waals surface area contributed by atoms with Crippen LogP contribution in [0.25, 0.3) is 10.6 Å². The van der Waals surface area contributed by atoms with Crippen LogP contribution in [0.5, 0.6) is 0 Å². The number of ether oxygens (including phenoxy) is 1. The summed E-state index contributed by atoms with van der Waals surface area (Å²) in [4.78, 5) is 26.6. The first-order chi connectivity index (χ1) is 10.1. The summed E-state index contributed by atoms with van der Waals surface area (Å²) in [7, 11) is 0. The minimum absolute atomic E-state index is 0.155. The highest BCUT2D eigenvalue weighted by Crippen LogP contribution is 2.23. The van der Waals surface area contributed by atoms with Gasteiger partial charge in [0.05, 0.1) is 12.1 Å². The minimum atomic E-state index is -0.349. The second-order valence-corrected chi connectivity index (χ2v) is 5.26. The average Bonchev–Trinajstić information content (AvgIpc) is 2.94. The van der Waals surface area contributed by atoms with E-state index in [2.05, 4.69) is 10.3 Å². The van der Waals surface area contributed by atoms with Crippen LogP contribution in [0, 0.1) is 0 Å². The summed E-state index contributed by atoms with van der Waals surface area (Å²) in [5.74, 6) is -0.507. The van der Waals surface area contributed by atoms with E-state index in [1.807, 2.05) is 35.7 Å². The summed E-state index contributed by atoms with van der Waals surface area (Å²) in [5.41, 5.74) is 1.78. The minimum Gasteiger partial charge on any atom is -0.459 e. The summed E-state index contributed by atoms with van der Waals surface area (Å²) in [6, 6.07) is 9.84. The van der Waals surface area contributed by atoms with E-state index < -0.39 is 0 Å². The molecule has 0 radical (unpaired) electrons. The van der Waals surface area contributed by atoms with Crippen LogP contribution in [0.15, 0.2) is 35.7 Å². The van der Waals surface area contributed by atoms with Gasteiger partial charge in [0, 0.05) is 24.4 Å². The number of carbonyl (C=O) groups is 2. The Labute approximate surface area is 127 Å². The van der Waals surface area contributed by atoms with Crippen molar-refractivity contribution in [2.24, 2.45) is 0 Å². The van der Waals surface area contributed by atoms with Gasteiger partial charge in [0.1, 0.15) is 11.6 Å². The molecule has 1 amide bonds. The molecule has 0 aliphatic carbocycles. The molecule has 0 unspecified atom stereocenters. The molecular weight excluding hydrogens is 288 g/mol. The van der Waals surface area contributed by atoms with E-state index in [0.29, 0.717) is 6.54 Å². The molecule has 110 valence electrons. The first kappa shape index (κ1) is 15.2. The first-order valence-electron chi connectivity index (χ1n) is 6.55. The molecule has 21 heavy (non-hydrogen) atoms. The second-order valence-electron chi connectivity index (χ2n) is 4.40. The molecular formula is C15H16N2O3S. The molecule has 6 heteroatoms. The van der Waals surface area contributed by atoms with Crippen molar-refractivity contribution in [1.82, 2.24) is 10.3 Å². The van der Waals surface area contributed by atoms with Gasteiger partial charge < -0.3 is 10.1 Å². The predicted molar refractivity (Wildman–Crippen MR) is 80.6 cm³/mol.